The summed E-state index contributed by atoms with van der Waals surface area (Å²) in [6.45, 7) is 7.03. The minimum Gasteiger partial charge on any atom is -0.457 e. The van der Waals surface area contributed by atoms with Gasteiger partial charge in [-0.2, -0.15) is 0 Å². The van der Waals surface area contributed by atoms with Gasteiger partial charge in [-0.1, -0.05) is 37.6 Å². The average molecular weight is 308 g/mol. The molecule has 4 heteroatoms. The number of hydrogen-bond donors (Lipinski definition) is 1. The van der Waals surface area contributed by atoms with Gasteiger partial charge in [-0.05, 0) is 36.2 Å². The second-order valence-electron chi connectivity index (χ2n) is 5.31. The van der Waals surface area contributed by atoms with E-state index in [0.29, 0.717) is 11.8 Å². The van der Waals surface area contributed by atoms with E-state index in [9.17, 15) is 4.39 Å². The molecule has 0 amide bonds. The van der Waals surface area contributed by atoms with Crippen LogP contribution in [0.4, 0.5) is 4.39 Å². The molecule has 0 aliphatic rings. The van der Waals surface area contributed by atoms with Crippen LogP contribution < -0.4 is 10.1 Å². The average Bonchev–Trinajstić information content (AvgIpc) is 2.43. The zero-order chi connectivity index (χ0) is 15.4. The van der Waals surface area contributed by atoms with E-state index in [1.165, 1.54) is 17.7 Å². The third kappa shape index (κ3) is 4.45. The highest BCUT2D eigenvalue weighted by atomic mass is 35.5. The normalized spacial score (nSPS) is 11.0. The van der Waals surface area contributed by atoms with Crippen LogP contribution in [0, 0.1) is 12.7 Å². The van der Waals surface area contributed by atoms with Crippen molar-refractivity contribution >= 4 is 11.6 Å². The van der Waals surface area contributed by atoms with Gasteiger partial charge in [-0.3, -0.25) is 0 Å². The van der Waals surface area contributed by atoms with E-state index in [2.05, 4.69) is 25.2 Å². The maximum absolute atomic E-state index is 13.1. The maximum Gasteiger partial charge on any atom is 0.142 e. The lowest BCUT2D eigenvalue weighted by Crippen LogP contribution is -2.21. The smallest absolute Gasteiger partial charge is 0.142 e. The molecule has 0 aliphatic carbocycles. The van der Waals surface area contributed by atoms with Crippen molar-refractivity contribution in [2.24, 2.45) is 0 Å². The van der Waals surface area contributed by atoms with Crippen molar-refractivity contribution in [1.82, 2.24) is 5.32 Å². The first kappa shape index (κ1) is 15.8. The Kier molecular flexibility index (Phi) is 5.21. The third-order valence-electron chi connectivity index (χ3n) is 3.07. The largest absolute Gasteiger partial charge is 0.457 e. The Morgan fingerprint density at radius 1 is 1.19 bits per heavy atom. The van der Waals surface area contributed by atoms with Gasteiger partial charge in [0.05, 0.1) is 5.02 Å². The number of rotatable bonds is 5. The van der Waals surface area contributed by atoms with Crippen molar-refractivity contribution in [3.63, 3.8) is 0 Å². The molecule has 2 aromatic carbocycles. The maximum atomic E-state index is 13.1. The Morgan fingerprint density at radius 2 is 1.95 bits per heavy atom. The number of ether oxygens (including phenoxy) is 1. The molecule has 0 atom stereocenters. The Morgan fingerprint density at radius 3 is 2.57 bits per heavy atom. The van der Waals surface area contributed by atoms with E-state index >= 15 is 0 Å². The zero-order valence-electron chi connectivity index (χ0n) is 12.4. The molecule has 0 heterocycles. The molecule has 0 saturated carbocycles. The number of halogens is 2. The van der Waals surface area contributed by atoms with E-state index in [4.69, 9.17) is 16.3 Å². The summed E-state index contributed by atoms with van der Waals surface area (Å²) in [5, 5.41) is 3.43. The summed E-state index contributed by atoms with van der Waals surface area (Å²) < 4.78 is 18.9. The summed E-state index contributed by atoms with van der Waals surface area (Å²) in [5.74, 6) is 0.819. The molecule has 1 N–H and O–H groups in total. The van der Waals surface area contributed by atoms with Gasteiger partial charge in [0.1, 0.15) is 17.3 Å². The van der Waals surface area contributed by atoms with Crippen molar-refractivity contribution in [3.8, 4) is 11.5 Å². The van der Waals surface area contributed by atoms with Crippen LogP contribution in [-0.2, 0) is 6.54 Å². The van der Waals surface area contributed by atoms with Crippen LogP contribution in [0.3, 0.4) is 0 Å². The molecular weight excluding hydrogens is 289 g/mol. The van der Waals surface area contributed by atoms with E-state index in [1.807, 2.05) is 19.1 Å². The molecule has 0 fully saturated rings. The highest BCUT2D eigenvalue weighted by molar-refractivity contribution is 6.30. The summed E-state index contributed by atoms with van der Waals surface area (Å²) >= 11 is 5.75. The molecule has 0 aliphatic heterocycles. The molecule has 0 spiro atoms. The first-order valence-corrected chi connectivity index (χ1v) is 7.29. The predicted molar refractivity (Wildman–Crippen MR) is 84.6 cm³/mol. The molecule has 0 saturated heterocycles. The molecule has 2 nitrogen and oxygen atoms in total. The summed E-state index contributed by atoms with van der Waals surface area (Å²) in [5.41, 5.74) is 2.23. The standard InChI is InChI=1S/C17H19ClFNO/c1-11(2)20-10-13-4-7-17(12(3)8-13)21-14-5-6-16(19)15(18)9-14/h4-9,11,20H,10H2,1-3H3. The second kappa shape index (κ2) is 6.92. The molecule has 21 heavy (non-hydrogen) atoms. The van der Waals surface area contributed by atoms with Crippen LogP contribution in [0.5, 0.6) is 11.5 Å². The van der Waals surface area contributed by atoms with Crippen LogP contribution >= 0.6 is 11.6 Å². The van der Waals surface area contributed by atoms with Gasteiger partial charge in [0.25, 0.3) is 0 Å². The summed E-state index contributed by atoms with van der Waals surface area (Å²) in [4.78, 5) is 0. The molecule has 0 bridgehead atoms. The summed E-state index contributed by atoms with van der Waals surface area (Å²) in [6.07, 6.45) is 0. The molecular formula is C17H19ClFNO. The number of hydrogen-bond acceptors (Lipinski definition) is 2. The van der Waals surface area contributed by atoms with Crippen molar-refractivity contribution in [2.75, 3.05) is 0 Å². The molecule has 2 aromatic rings. The van der Waals surface area contributed by atoms with E-state index in [0.717, 1.165) is 17.9 Å². The fourth-order valence-corrected chi connectivity index (χ4v) is 2.10. The van der Waals surface area contributed by atoms with Gasteiger partial charge in [0.2, 0.25) is 0 Å². The van der Waals surface area contributed by atoms with Crippen molar-refractivity contribution in [3.05, 3.63) is 58.4 Å². The topological polar surface area (TPSA) is 21.3 Å². The van der Waals surface area contributed by atoms with Gasteiger partial charge >= 0.3 is 0 Å². The van der Waals surface area contributed by atoms with E-state index < -0.39 is 5.82 Å². The fourth-order valence-electron chi connectivity index (χ4n) is 1.93. The Bertz CT molecular complexity index is 628. The Hall–Kier alpha value is -1.58. The predicted octanol–water partition coefficient (Wildman–Crippen LogP) is 5.08. The molecule has 0 aromatic heterocycles. The zero-order valence-corrected chi connectivity index (χ0v) is 13.2. The van der Waals surface area contributed by atoms with Crippen molar-refractivity contribution < 1.29 is 9.13 Å². The van der Waals surface area contributed by atoms with E-state index in [-0.39, 0.29) is 5.02 Å². The quantitative estimate of drug-likeness (QED) is 0.832. The molecule has 2 rings (SSSR count). The van der Waals surface area contributed by atoms with Gasteiger partial charge in [-0.25, -0.2) is 4.39 Å². The Labute approximate surface area is 129 Å². The SMILES string of the molecule is Cc1cc(CNC(C)C)ccc1Oc1ccc(F)c(Cl)c1. The molecule has 0 unspecified atom stereocenters. The summed E-state index contributed by atoms with van der Waals surface area (Å²) in [6, 6.07) is 10.8. The van der Waals surface area contributed by atoms with E-state index in [1.54, 1.807) is 6.07 Å². The van der Waals surface area contributed by atoms with Crippen LogP contribution in [0.2, 0.25) is 5.02 Å². The lowest BCUT2D eigenvalue weighted by molar-refractivity contribution is 0.476. The third-order valence-corrected chi connectivity index (χ3v) is 3.36. The first-order valence-electron chi connectivity index (χ1n) is 6.91. The van der Waals surface area contributed by atoms with Crippen LogP contribution in [0.25, 0.3) is 0 Å². The number of aryl methyl sites for hydroxylation is 1. The molecule has 0 radical (unpaired) electrons. The highest BCUT2D eigenvalue weighted by Gasteiger charge is 2.06. The van der Waals surface area contributed by atoms with Crippen LogP contribution in [-0.4, -0.2) is 6.04 Å². The highest BCUT2D eigenvalue weighted by Crippen LogP contribution is 2.28. The fraction of sp³-hybridized carbons (Fsp3) is 0.294. The second-order valence-corrected chi connectivity index (χ2v) is 5.72. The molecule has 112 valence electrons. The van der Waals surface area contributed by atoms with Gasteiger partial charge in [0, 0.05) is 18.7 Å². The Balaban J connectivity index is 2.11. The number of benzene rings is 2. The van der Waals surface area contributed by atoms with Gasteiger partial charge in [0.15, 0.2) is 0 Å². The number of nitrogens with one attached hydrogen (secondary N) is 1. The lowest BCUT2D eigenvalue weighted by atomic mass is 10.1. The van der Waals surface area contributed by atoms with Crippen molar-refractivity contribution in [1.29, 1.82) is 0 Å². The minimum absolute atomic E-state index is 0.0582. The van der Waals surface area contributed by atoms with Gasteiger partial charge in [-0.15, -0.1) is 0 Å². The van der Waals surface area contributed by atoms with Crippen LogP contribution in [0.1, 0.15) is 25.0 Å². The monoisotopic (exact) mass is 307 g/mol. The lowest BCUT2D eigenvalue weighted by Gasteiger charge is -2.12. The summed E-state index contributed by atoms with van der Waals surface area (Å²) in [7, 11) is 0. The van der Waals surface area contributed by atoms with Crippen LogP contribution in [0.15, 0.2) is 36.4 Å². The minimum atomic E-state index is -0.448. The van der Waals surface area contributed by atoms with Crippen molar-refractivity contribution in [2.45, 2.75) is 33.4 Å². The first-order chi connectivity index (χ1) is 9.95. The van der Waals surface area contributed by atoms with Gasteiger partial charge < -0.3 is 10.1 Å².